The second kappa shape index (κ2) is 7.97. The van der Waals surface area contributed by atoms with Gasteiger partial charge in [0.25, 0.3) is 0 Å². The highest BCUT2D eigenvalue weighted by molar-refractivity contribution is 9.10. The number of amidine groups is 1. The van der Waals surface area contributed by atoms with Crippen molar-refractivity contribution < 1.29 is 9.13 Å². The SMILES string of the molecule is COc1ccc(Br)cc1CCC1=C(F)CCC=C1C1=NCCCN1. The largest absolute Gasteiger partial charge is 0.496 e. The molecule has 5 heteroatoms. The molecule has 0 bridgehead atoms. The summed E-state index contributed by atoms with van der Waals surface area (Å²) in [6, 6.07) is 5.93. The molecule has 0 radical (unpaired) electrons. The first-order chi connectivity index (χ1) is 11.7. The molecule has 3 rings (SSSR count). The van der Waals surface area contributed by atoms with Crippen molar-refractivity contribution in [1.82, 2.24) is 5.32 Å². The van der Waals surface area contributed by atoms with E-state index in [9.17, 15) is 4.39 Å². The molecular formula is C19H22BrFN2O. The zero-order chi connectivity index (χ0) is 16.9. The summed E-state index contributed by atoms with van der Waals surface area (Å²) in [6.07, 6.45) is 5.76. The van der Waals surface area contributed by atoms with Crippen molar-refractivity contribution in [2.45, 2.75) is 32.1 Å². The van der Waals surface area contributed by atoms with E-state index < -0.39 is 0 Å². The molecule has 0 fully saturated rings. The molecule has 0 unspecified atom stereocenters. The molecule has 0 saturated heterocycles. The van der Waals surface area contributed by atoms with Crippen LogP contribution in [-0.2, 0) is 6.42 Å². The number of methoxy groups -OCH3 is 1. The summed E-state index contributed by atoms with van der Waals surface area (Å²) in [5, 5.41) is 3.32. The molecule has 3 nitrogen and oxygen atoms in total. The molecule has 1 N–H and O–H groups in total. The Hall–Kier alpha value is -1.62. The number of hydrogen-bond donors (Lipinski definition) is 1. The molecule has 0 amide bonds. The summed E-state index contributed by atoms with van der Waals surface area (Å²) >= 11 is 3.50. The number of rotatable bonds is 5. The van der Waals surface area contributed by atoms with Gasteiger partial charge in [-0.25, -0.2) is 4.39 Å². The summed E-state index contributed by atoms with van der Waals surface area (Å²) in [7, 11) is 1.67. The minimum Gasteiger partial charge on any atom is -0.496 e. The fourth-order valence-electron chi connectivity index (χ4n) is 3.19. The maximum Gasteiger partial charge on any atom is 0.128 e. The third-order valence-corrected chi connectivity index (χ3v) is 4.90. The molecule has 24 heavy (non-hydrogen) atoms. The first-order valence-corrected chi connectivity index (χ1v) is 9.17. The monoisotopic (exact) mass is 392 g/mol. The number of nitrogens with one attached hydrogen (secondary N) is 1. The third kappa shape index (κ3) is 3.89. The van der Waals surface area contributed by atoms with Crippen LogP contribution in [-0.4, -0.2) is 26.0 Å². The molecule has 0 atom stereocenters. The van der Waals surface area contributed by atoms with Crippen molar-refractivity contribution in [3.63, 3.8) is 0 Å². The van der Waals surface area contributed by atoms with Gasteiger partial charge in [0, 0.05) is 29.6 Å². The number of aliphatic imine (C=N–C) groups is 1. The van der Waals surface area contributed by atoms with Crippen molar-refractivity contribution in [2.75, 3.05) is 20.2 Å². The molecule has 0 aromatic heterocycles. The van der Waals surface area contributed by atoms with Crippen LogP contribution in [0.1, 0.15) is 31.2 Å². The lowest BCUT2D eigenvalue weighted by molar-refractivity contribution is 0.409. The van der Waals surface area contributed by atoms with Gasteiger partial charge in [-0.05, 0) is 55.0 Å². The van der Waals surface area contributed by atoms with Gasteiger partial charge in [0.1, 0.15) is 17.4 Å². The number of ether oxygens (including phenoxy) is 1. The predicted molar refractivity (Wildman–Crippen MR) is 99.4 cm³/mol. The van der Waals surface area contributed by atoms with Crippen LogP contribution in [0.25, 0.3) is 0 Å². The minimum absolute atomic E-state index is 0.00321. The number of aryl methyl sites for hydroxylation is 1. The maximum absolute atomic E-state index is 14.5. The van der Waals surface area contributed by atoms with Crippen LogP contribution >= 0.6 is 15.9 Å². The summed E-state index contributed by atoms with van der Waals surface area (Å²) in [5.41, 5.74) is 2.82. The molecule has 1 heterocycles. The average molecular weight is 393 g/mol. The summed E-state index contributed by atoms with van der Waals surface area (Å²) in [6.45, 7) is 1.72. The van der Waals surface area contributed by atoms with Crippen molar-refractivity contribution >= 4 is 21.8 Å². The quantitative estimate of drug-likeness (QED) is 0.785. The number of allylic oxidation sites excluding steroid dienone is 2. The number of nitrogens with zero attached hydrogens (tertiary/aromatic N) is 1. The van der Waals surface area contributed by atoms with Gasteiger partial charge in [-0.15, -0.1) is 0 Å². The van der Waals surface area contributed by atoms with Crippen LogP contribution in [0.15, 0.2) is 50.7 Å². The van der Waals surface area contributed by atoms with E-state index in [1.807, 2.05) is 18.2 Å². The second-order valence-electron chi connectivity index (χ2n) is 6.01. The molecular weight excluding hydrogens is 371 g/mol. The third-order valence-electron chi connectivity index (χ3n) is 4.40. The van der Waals surface area contributed by atoms with Crippen LogP contribution in [0.3, 0.4) is 0 Å². The molecule has 128 valence electrons. The van der Waals surface area contributed by atoms with Gasteiger partial charge >= 0.3 is 0 Å². The Morgan fingerprint density at radius 2 is 2.21 bits per heavy atom. The molecule has 0 spiro atoms. The Morgan fingerprint density at radius 1 is 1.33 bits per heavy atom. The lowest BCUT2D eigenvalue weighted by Crippen LogP contribution is -2.32. The Balaban J connectivity index is 1.81. The van der Waals surface area contributed by atoms with Gasteiger partial charge in [0.2, 0.25) is 0 Å². The van der Waals surface area contributed by atoms with E-state index in [4.69, 9.17) is 4.74 Å². The topological polar surface area (TPSA) is 33.6 Å². The van der Waals surface area contributed by atoms with E-state index in [2.05, 4.69) is 32.3 Å². The number of benzene rings is 1. The zero-order valence-corrected chi connectivity index (χ0v) is 15.5. The summed E-state index contributed by atoms with van der Waals surface area (Å²) < 4.78 is 21.0. The van der Waals surface area contributed by atoms with Crippen LogP contribution in [0.4, 0.5) is 4.39 Å². The Labute approximate surface area is 150 Å². The Bertz CT molecular complexity index is 709. The first-order valence-electron chi connectivity index (χ1n) is 8.38. The lowest BCUT2D eigenvalue weighted by atomic mass is 9.90. The summed E-state index contributed by atoms with van der Waals surface area (Å²) in [5.74, 6) is 1.69. The smallest absolute Gasteiger partial charge is 0.128 e. The number of halogens is 2. The molecule has 1 aromatic rings. The molecule has 0 saturated carbocycles. The highest BCUT2D eigenvalue weighted by Gasteiger charge is 2.21. The van der Waals surface area contributed by atoms with Gasteiger partial charge in [-0.2, -0.15) is 0 Å². The fraction of sp³-hybridized carbons (Fsp3) is 0.421. The van der Waals surface area contributed by atoms with Gasteiger partial charge in [-0.3, -0.25) is 4.99 Å². The van der Waals surface area contributed by atoms with Crippen LogP contribution in [0.2, 0.25) is 0 Å². The minimum atomic E-state index is -0.00321. The maximum atomic E-state index is 14.5. The van der Waals surface area contributed by atoms with Crippen LogP contribution in [0.5, 0.6) is 5.75 Å². The highest BCUT2D eigenvalue weighted by Crippen LogP contribution is 2.32. The molecule has 1 aliphatic carbocycles. The molecule has 1 aliphatic heterocycles. The van der Waals surface area contributed by atoms with Gasteiger partial charge in [0.05, 0.1) is 7.11 Å². The van der Waals surface area contributed by atoms with E-state index >= 15 is 0 Å². The first kappa shape index (κ1) is 17.2. The Morgan fingerprint density at radius 3 is 2.96 bits per heavy atom. The lowest BCUT2D eigenvalue weighted by Gasteiger charge is -2.23. The predicted octanol–water partition coefficient (Wildman–Crippen LogP) is 4.73. The van der Waals surface area contributed by atoms with E-state index in [0.29, 0.717) is 12.8 Å². The van der Waals surface area contributed by atoms with E-state index in [1.54, 1.807) is 7.11 Å². The fourth-order valence-corrected chi connectivity index (χ4v) is 3.60. The van der Waals surface area contributed by atoms with E-state index in [1.165, 1.54) is 0 Å². The zero-order valence-electron chi connectivity index (χ0n) is 13.9. The van der Waals surface area contributed by atoms with Crippen molar-refractivity contribution in [1.29, 1.82) is 0 Å². The van der Waals surface area contributed by atoms with Gasteiger partial charge in [0.15, 0.2) is 0 Å². The van der Waals surface area contributed by atoms with Gasteiger partial charge in [-0.1, -0.05) is 22.0 Å². The number of hydrogen-bond acceptors (Lipinski definition) is 3. The second-order valence-corrected chi connectivity index (χ2v) is 6.92. The standard InChI is InChI=1S/C19H22BrFN2O/c1-24-18-9-7-14(20)12-13(18)6-8-15-16(4-2-5-17(15)21)19-22-10-3-11-23-19/h4,7,9,12H,2-3,5-6,8,10-11H2,1H3,(H,22,23). The molecule has 2 aliphatic rings. The van der Waals surface area contributed by atoms with Crippen molar-refractivity contribution in [3.8, 4) is 5.75 Å². The highest BCUT2D eigenvalue weighted by atomic mass is 79.9. The van der Waals surface area contributed by atoms with E-state index in [0.717, 1.165) is 65.1 Å². The van der Waals surface area contributed by atoms with Crippen molar-refractivity contribution in [2.24, 2.45) is 4.99 Å². The molecule has 1 aromatic carbocycles. The summed E-state index contributed by atoms with van der Waals surface area (Å²) in [4.78, 5) is 4.54. The van der Waals surface area contributed by atoms with E-state index in [-0.39, 0.29) is 5.83 Å². The normalized spacial score (nSPS) is 18.0. The Kier molecular flexibility index (Phi) is 5.72. The van der Waals surface area contributed by atoms with Crippen molar-refractivity contribution in [3.05, 3.63) is 51.3 Å². The van der Waals surface area contributed by atoms with Crippen LogP contribution < -0.4 is 10.1 Å². The van der Waals surface area contributed by atoms with Gasteiger partial charge < -0.3 is 10.1 Å². The average Bonchev–Trinajstić information content (AvgIpc) is 2.61. The van der Waals surface area contributed by atoms with Crippen LogP contribution in [0, 0.1) is 0 Å².